The summed E-state index contributed by atoms with van der Waals surface area (Å²) in [6.07, 6.45) is 1.73. The number of amides is 3. The topological polar surface area (TPSA) is 113 Å². The average Bonchev–Trinajstić information content (AvgIpc) is 2.65. The Morgan fingerprint density at radius 3 is 2.25 bits per heavy atom. The summed E-state index contributed by atoms with van der Waals surface area (Å²) >= 11 is 0. The smallest absolute Gasteiger partial charge is 0.233 e. The molecule has 0 saturated heterocycles. The van der Waals surface area contributed by atoms with Gasteiger partial charge in [0.25, 0.3) is 0 Å². The van der Waals surface area contributed by atoms with Gasteiger partial charge in [-0.15, -0.1) is 0 Å². The first kappa shape index (κ1) is 23.6. The number of benzene rings is 1. The van der Waals surface area contributed by atoms with Crippen molar-refractivity contribution < 1.29 is 19.6 Å². The summed E-state index contributed by atoms with van der Waals surface area (Å²) in [5.74, 6) is -1.91. The number of nitrogens with two attached hydrogens (primary N) is 1. The number of hydroxylamine groups is 2. The molecule has 0 aliphatic heterocycles. The van der Waals surface area contributed by atoms with Gasteiger partial charge in [0.2, 0.25) is 18.2 Å². The highest BCUT2D eigenvalue weighted by atomic mass is 16.5. The summed E-state index contributed by atoms with van der Waals surface area (Å²) in [6, 6.07) is 8.79. The van der Waals surface area contributed by atoms with E-state index in [4.69, 9.17) is 5.73 Å². The summed E-state index contributed by atoms with van der Waals surface area (Å²) in [6.45, 7) is 7.08. The number of hydrogen-bond donors (Lipinski definition) is 3. The van der Waals surface area contributed by atoms with Gasteiger partial charge < -0.3 is 11.1 Å². The number of carbonyl (C=O) groups is 3. The standard InChI is InChI=1S/C21H33N3O4/c1-15(24(28)14-25)21(19(22)27,17(18(26)23-5)20(2,3)4)13-9-12-16-10-7-6-8-11-16/h6-8,10-11,14-15,17,28H,9,12-13H2,1-5H3,(H2,22,27)(H,23,26)/t15-,17-,21?/m0/s1. The van der Waals surface area contributed by atoms with Crippen LogP contribution >= 0.6 is 0 Å². The Balaban J connectivity index is 3.41. The van der Waals surface area contributed by atoms with E-state index in [1.54, 1.807) is 6.92 Å². The SMILES string of the molecule is CNC(=O)[C@@H](C(C)(C)C)C(CCCc1ccccc1)(C(N)=O)[C@H](C)N(O)C=O. The van der Waals surface area contributed by atoms with Crippen LogP contribution in [0.3, 0.4) is 0 Å². The van der Waals surface area contributed by atoms with Crippen molar-refractivity contribution in [2.75, 3.05) is 7.05 Å². The van der Waals surface area contributed by atoms with Gasteiger partial charge in [-0.3, -0.25) is 19.6 Å². The lowest BCUT2D eigenvalue weighted by molar-refractivity contribution is -0.187. The monoisotopic (exact) mass is 391 g/mol. The number of aryl methyl sites for hydroxylation is 1. The van der Waals surface area contributed by atoms with Crippen LogP contribution in [0.5, 0.6) is 0 Å². The third kappa shape index (κ3) is 5.10. The van der Waals surface area contributed by atoms with Gasteiger partial charge in [-0.25, -0.2) is 5.06 Å². The van der Waals surface area contributed by atoms with E-state index in [2.05, 4.69) is 5.32 Å². The first-order valence-electron chi connectivity index (χ1n) is 9.50. The quantitative estimate of drug-likeness (QED) is 0.322. The van der Waals surface area contributed by atoms with Crippen LogP contribution in [0.25, 0.3) is 0 Å². The van der Waals surface area contributed by atoms with Gasteiger partial charge in [0.1, 0.15) is 0 Å². The van der Waals surface area contributed by atoms with Crippen LogP contribution in [0.1, 0.15) is 46.1 Å². The predicted molar refractivity (Wildman–Crippen MR) is 107 cm³/mol. The summed E-state index contributed by atoms with van der Waals surface area (Å²) in [5.41, 5.74) is 4.88. The lowest BCUT2D eigenvalue weighted by Gasteiger charge is -2.48. The fraction of sp³-hybridized carbons (Fsp3) is 0.571. The molecule has 0 radical (unpaired) electrons. The maximum absolute atomic E-state index is 12.9. The molecule has 7 heteroatoms. The molecular weight excluding hydrogens is 358 g/mol. The molecule has 1 rings (SSSR count). The van der Waals surface area contributed by atoms with Gasteiger partial charge >= 0.3 is 0 Å². The van der Waals surface area contributed by atoms with Crippen LogP contribution in [0.15, 0.2) is 30.3 Å². The second kappa shape index (κ2) is 9.68. The highest BCUT2D eigenvalue weighted by molar-refractivity contribution is 5.91. The van der Waals surface area contributed by atoms with Crippen molar-refractivity contribution in [2.24, 2.45) is 22.5 Å². The lowest BCUT2D eigenvalue weighted by Crippen LogP contribution is -2.62. The van der Waals surface area contributed by atoms with Crippen LogP contribution in [0.2, 0.25) is 0 Å². The molecular formula is C21H33N3O4. The van der Waals surface area contributed by atoms with Gasteiger partial charge in [0.05, 0.1) is 17.4 Å². The van der Waals surface area contributed by atoms with Gasteiger partial charge in [0.15, 0.2) is 0 Å². The van der Waals surface area contributed by atoms with Crippen molar-refractivity contribution in [3.63, 3.8) is 0 Å². The third-order valence-corrected chi connectivity index (χ3v) is 5.50. The zero-order valence-electron chi connectivity index (χ0n) is 17.4. The molecule has 4 N–H and O–H groups in total. The predicted octanol–water partition coefficient (Wildman–Crippen LogP) is 2.13. The number of nitrogens with zero attached hydrogens (tertiary/aromatic N) is 1. The van der Waals surface area contributed by atoms with E-state index in [0.717, 1.165) is 5.56 Å². The molecule has 0 saturated carbocycles. The van der Waals surface area contributed by atoms with Gasteiger partial charge in [0, 0.05) is 7.05 Å². The van der Waals surface area contributed by atoms with Crippen molar-refractivity contribution in [3.05, 3.63) is 35.9 Å². The summed E-state index contributed by atoms with van der Waals surface area (Å²) < 4.78 is 0. The molecule has 1 aromatic rings. The average molecular weight is 392 g/mol. The molecule has 0 spiro atoms. The van der Waals surface area contributed by atoms with E-state index in [0.29, 0.717) is 17.9 Å². The largest absolute Gasteiger partial charge is 0.369 e. The maximum Gasteiger partial charge on any atom is 0.233 e. The van der Waals surface area contributed by atoms with Crippen LogP contribution in [-0.2, 0) is 20.8 Å². The zero-order valence-corrected chi connectivity index (χ0v) is 17.4. The Bertz CT molecular complexity index is 672. The second-order valence-corrected chi connectivity index (χ2v) is 8.32. The molecule has 28 heavy (non-hydrogen) atoms. The second-order valence-electron chi connectivity index (χ2n) is 8.32. The molecule has 0 bridgehead atoms. The Morgan fingerprint density at radius 2 is 1.82 bits per heavy atom. The van der Waals surface area contributed by atoms with E-state index in [1.807, 2.05) is 51.1 Å². The minimum Gasteiger partial charge on any atom is -0.369 e. The number of carbonyl (C=O) groups excluding carboxylic acids is 3. The van der Waals surface area contributed by atoms with Gasteiger partial charge in [-0.1, -0.05) is 51.1 Å². The molecule has 0 aliphatic rings. The summed E-state index contributed by atoms with van der Waals surface area (Å²) in [4.78, 5) is 36.9. The van der Waals surface area contributed by atoms with Crippen LogP contribution < -0.4 is 11.1 Å². The molecule has 0 fully saturated rings. The molecule has 1 unspecified atom stereocenters. The fourth-order valence-corrected chi connectivity index (χ4v) is 4.17. The lowest BCUT2D eigenvalue weighted by atomic mass is 9.57. The number of hydrogen-bond acceptors (Lipinski definition) is 4. The van der Waals surface area contributed by atoms with Crippen molar-refractivity contribution in [3.8, 4) is 0 Å². The maximum atomic E-state index is 12.9. The van der Waals surface area contributed by atoms with Crippen LogP contribution in [0.4, 0.5) is 0 Å². The molecule has 0 aliphatic carbocycles. The Labute approximate surface area is 167 Å². The number of rotatable bonds is 10. The van der Waals surface area contributed by atoms with E-state index in [1.165, 1.54) is 7.05 Å². The van der Waals surface area contributed by atoms with E-state index >= 15 is 0 Å². The molecule has 1 aromatic carbocycles. The van der Waals surface area contributed by atoms with Crippen molar-refractivity contribution in [2.45, 2.75) is 53.0 Å². The third-order valence-electron chi connectivity index (χ3n) is 5.50. The molecule has 7 nitrogen and oxygen atoms in total. The molecule has 0 aromatic heterocycles. The van der Waals surface area contributed by atoms with Gasteiger partial charge in [-0.2, -0.15) is 0 Å². The van der Waals surface area contributed by atoms with Crippen molar-refractivity contribution >= 4 is 18.2 Å². The van der Waals surface area contributed by atoms with Crippen molar-refractivity contribution in [1.82, 2.24) is 10.4 Å². The van der Waals surface area contributed by atoms with Crippen LogP contribution in [-0.4, -0.2) is 41.6 Å². The Hall–Kier alpha value is -2.41. The first-order chi connectivity index (χ1) is 13.0. The highest BCUT2D eigenvalue weighted by Crippen LogP contribution is 2.47. The molecule has 0 heterocycles. The normalized spacial score (nSPS) is 15.8. The van der Waals surface area contributed by atoms with E-state index in [9.17, 15) is 19.6 Å². The highest BCUT2D eigenvalue weighted by Gasteiger charge is 2.56. The van der Waals surface area contributed by atoms with Crippen LogP contribution in [0, 0.1) is 16.7 Å². The number of nitrogens with one attached hydrogen (secondary N) is 1. The number of primary amides is 1. The zero-order chi connectivity index (χ0) is 21.5. The summed E-state index contributed by atoms with van der Waals surface area (Å²) in [5, 5.41) is 13.2. The van der Waals surface area contributed by atoms with Gasteiger partial charge in [-0.05, 0) is 37.2 Å². The van der Waals surface area contributed by atoms with E-state index in [-0.39, 0.29) is 18.7 Å². The molecule has 156 valence electrons. The minimum atomic E-state index is -1.44. The van der Waals surface area contributed by atoms with E-state index < -0.39 is 28.7 Å². The summed E-state index contributed by atoms with van der Waals surface area (Å²) in [7, 11) is 1.50. The Kier molecular flexibility index (Phi) is 8.17. The first-order valence-corrected chi connectivity index (χ1v) is 9.50. The molecule has 3 atom stereocenters. The Morgan fingerprint density at radius 1 is 1.25 bits per heavy atom. The van der Waals surface area contributed by atoms with Crippen molar-refractivity contribution in [1.29, 1.82) is 0 Å². The fourth-order valence-electron chi connectivity index (χ4n) is 4.17. The minimum absolute atomic E-state index is 0.239. The molecule has 3 amide bonds.